The topological polar surface area (TPSA) is 49.8 Å². The molecule has 0 aliphatic heterocycles. The Morgan fingerprint density at radius 2 is 2.17 bits per heavy atom. The number of thiocarbonyl (C=S) groups is 1. The number of hydrogen-bond acceptors (Lipinski definition) is 3. The second kappa shape index (κ2) is 4.10. The number of rotatable bonds is 1. The molecule has 0 aromatic heterocycles. The average molecular weight is 194 g/mol. The summed E-state index contributed by atoms with van der Waals surface area (Å²) >= 11 is 5.95. The zero-order chi connectivity index (χ0) is 8.97. The third-order valence-electron chi connectivity index (χ3n) is 1.22. The number of benzene rings is 1. The fourth-order valence-electron chi connectivity index (χ4n) is 0.756. The van der Waals surface area contributed by atoms with Crippen molar-refractivity contribution >= 4 is 28.3 Å². The molecule has 1 rings (SSSR count). The van der Waals surface area contributed by atoms with Crippen LogP contribution in [0, 0.1) is 11.3 Å². The van der Waals surface area contributed by atoms with E-state index in [4.69, 9.17) is 23.2 Å². The van der Waals surface area contributed by atoms with Crippen LogP contribution in [-0.2, 0) is 0 Å². The predicted octanol–water partition coefficient (Wildman–Crippen LogP) is 1.89. The standard InChI is InChI=1S/C8H6N2S2/c9-5-6-3-1-2-4-7(6)12-8(10)11/h1-4H,(H2,10,11). The predicted molar refractivity (Wildman–Crippen MR) is 53.8 cm³/mol. The van der Waals surface area contributed by atoms with Crippen molar-refractivity contribution in [2.24, 2.45) is 5.73 Å². The number of nitriles is 1. The summed E-state index contributed by atoms with van der Waals surface area (Å²) in [4.78, 5) is 0.813. The van der Waals surface area contributed by atoms with Crippen LogP contribution >= 0.6 is 24.0 Å². The molecule has 2 nitrogen and oxygen atoms in total. The van der Waals surface area contributed by atoms with Crippen LogP contribution in [0.4, 0.5) is 0 Å². The monoisotopic (exact) mass is 194 g/mol. The molecule has 0 atom stereocenters. The summed E-state index contributed by atoms with van der Waals surface area (Å²) < 4.78 is 0.331. The quantitative estimate of drug-likeness (QED) is 0.548. The van der Waals surface area contributed by atoms with Gasteiger partial charge in [-0.15, -0.1) is 0 Å². The summed E-state index contributed by atoms with van der Waals surface area (Å²) in [5, 5.41) is 8.68. The molecule has 12 heavy (non-hydrogen) atoms. The Bertz CT molecular complexity index is 341. The lowest BCUT2D eigenvalue weighted by Crippen LogP contribution is -2.01. The fraction of sp³-hybridized carbons (Fsp3) is 0. The first kappa shape index (κ1) is 9.04. The minimum atomic E-state index is 0.331. The van der Waals surface area contributed by atoms with E-state index >= 15 is 0 Å². The van der Waals surface area contributed by atoms with E-state index in [1.807, 2.05) is 18.2 Å². The first-order valence-corrected chi connectivity index (χ1v) is 4.43. The van der Waals surface area contributed by atoms with Crippen LogP contribution in [0.5, 0.6) is 0 Å². The van der Waals surface area contributed by atoms with Gasteiger partial charge in [0, 0.05) is 4.90 Å². The van der Waals surface area contributed by atoms with E-state index in [1.165, 1.54) is 11.8 Å². The molecular formula is C8H6N2S2. The molecule has 4 heteroatoms. The average Bonchev–Trinajstić information content (AvgIpc) is 2.04. The van der Waals surface area contributed by atoms with Crippen molar-refractivity contribution in [3.05, 3.63) is 29.8 Å². The SMILES string of the molecule is N#Cc1ccccc1SC(N)=S. The zero-order valence-corrected chi connectivity index (χ0v) is 7.78. The molecule has 0 radical (unpaired) electrons. The van der Waals surface area contributed by atoms with E-state index < -0.39 is 0 Å². The van der Waals surface area contributed by atoms with Gasteiger partial charge in [-0.25, -0.2) is 0 Å². The van der Waals surface area contributed by atoms with Gasteiger partial charge in [-0.1, -0.05) is 36.1 Å². The van der Waals surface area contributed by atoms with Crippen molar-refractivity contribution in [3.63, 3.8) is 0 Å². The zero-order valence-electron chi connectivity index (χ0n) is 6.15. The summed E-state index contributed by atoms with van der Waals surface area (Å²) in [5.74, 6) is 0. The maximum Gasteiger partial charge on any atom is 0.136 e. The van der Waals surface area contributed by atoms with Crippen LogP contribution in [0.15, 0.2) is 29.2 Å². The van der Waals surface area contributed by atoms with E-state index in [-0.39, 0.29) is 0 Å². The number of hydrogen-bond donors (Lipinski definition) is 1. The van der Waals surface area contributed by atoms with E-state index in [9.17, 15) is 0 Å². The van der Waals surface area contributed by atoms with Crippen molar-refractivity contribution in [1.82, 2.24) is 0 Å². The summed E-state index contributed by atoms with van der Waals surface area (Å²) in [7, 11) is 0. The highest BCUT2D eigenvalue weighted by molar-refractivity contribution is 8.23. The van der Waals surface area contributed by atoms with Gasteiger partial charge < -0.3 is 5.73 Å². The molecular weight excluding hydrogens is 188 g/mol. The van der Waals surface area contributed by atoms with E-state index in [0.29, 0.717) is 9.88 Å². The molecule has 1 aromatic carbocycles. The summed E-state index contributed by atoms with van der Waals surface area (Å²) in [6.45, 7) is 0. The van der Waals surface area contributed by atoms with E-state index in [1.54, 1.807) is 6.07 Å². The third-order valence-corrected chi connectivity index (χ3v) is 2.25. The molecule has 0 amide bonds. The van der Waals surface area contributed by atoms with Gasteiger partial charge in [0.05, 0.1) is 5.56 Å². The second-order valence-electron chi connectivity index (χ2n) is 2.03. The molecule has 0 spiro atoms. The summed E-state index contributed by atoms with van der Waals surface area (Å²) in [5.41, 5.74) is 5.94. The third kappa shape index (κ3) is 2.22. The Balaban J connectivity index is 2.99. The van der Waals surface area contributed by atoms with Gasteiger partial charge in [0.25, 0.3) is 0 Å². The molecule has 2 N–H and O–H groups in total. The van der Waals surface area contributed by atoms with E-state index in [0.717, 1.165) is 4.90 Å². The molecule has 0 saturated heterocycles. The Morgan fingerprint density at radius 1 is 1.50 bits per heavy atom. The Kier molecular flexibility index (Phi) is 3.09. The number of thioether (sulfide) groups is 1. The number of nitrogens with two attached hydrogens (primary N) is 1. The Labute approximate surface area is 80.4 Å². The van der Waals surface area contributed by atoms with Gasteiger partial charge in [0.15, 0.2) is 0 Å². The second-order valence-corrected chi connectivity index (χ2v) is 3.81. The van der Waals surface area contributed by atoms with Crippen molar-refractivity contribution in [2.75, 3.05) is 0 Å². The lowest BCUT2D eigenvalue weighted by Gasteiger charge is -1.99. The van der Waals surface area contributed by atoms with Crippen LogP contribution in [0.2, 0.25) is 0 Å². The van der Waals surface area contributed by atoms with Crippen molar-refractivity contribution < 1.29 is 0 Å². The van der Waals surface area contributed by atoms with Crippen LogP contribution in [0.25, 0.3) is 0 Å². The smallest absolute Gasteiger partial charge is 0.136 e. The lowest BCUT2D eigenvalue weighted by atomic mass is 10.2. The van der Waals surface area contributed by atoms with Crippen molar-refractivity contribution in [2.45, 2.75) is 4.90 Å². The highest BCUT2D eigenvalue weighted by atomic mass is 32.2. The normalized spacial score (nSPS) is 8.92. The largest absolute Gasteiger partial charge is 0.384 e. The molecule has 1 aromatic rings. The van der Waals surface area contributed by atoms with Crippen LogP contribution in [-0.4, -0.2) is 4.32 Å². The van der Waals surface area contributed by atoms with Gasteiger partial charge in [-0.05, 0) is 12.1 Å². The maximum atomic E-state index is 8.68. The summed E-state index contributed by atoms with van der Waals surface area (Å²) in [6, 6.07) is 9.28. The van der Waals surface area contributed by atoms with Gasteiger partial charge in [0.1, 0.15) is 10.4 Å². The fourth-order valence-corrected chi connectivity index (χ4v) is 1.61. The molecule has 0 heterocycles. The van der Waals surface area contributed by atoms with Gasteiger partial charge >= 0.3 is 0 Å². The van der Waals surface area contributed by atoms with Gasteiger partial charge in [-0.2, -0.15) is 5.26 Å². The van der Waals surface area contributed by atoms with Crippen LogP contribution in [0.1, 0.15) is 5.56 Å². The van der Waals surface area contributed by atoms with Crippen LogP contribution in [0.3, 0.4) is 0 Å². The molecule has 60 valence electrons. The Hall–Kier alpha value is -1.05. The molecule has 0 aliphatic rings. The molecule has 0 saturated carbocycles. The number of nitrogens with zero attached hydrogens (tertiary/aromatic N) is 1. The summed E-state index contributed by atoms with van der Waals surface area (Å²) in [6.07, 6.45) is 0. The first-order chi connectivity index (χ1) is 5.74. The minimum Gasteiger partial charge on any atom is -0.384 e. The van der Waals surface area contributed by atoms with Crippen molar-refractivity contribution in [3.8, 4) is 6.07 Å². The van der Waals surface area contributed by atoms with Gasteiger partial charge in [-0.3, -0.25) is 0 Å². The highest BCUT2D eigenvalue weighted by Crippen LogP contribution is 2.21. The van der Waals surface area contributed by atoms with E-state index in [2.05, 4.69) is 6.07 Å². The molecule has 0 unspecified atom stereocenters. The van der Waals surface area contributed by atoms with Crippen molar-refractivity contribution in [1.29, 1.82) is 5.26 Å². The van der Waals surface area contributed by atoms with Gasteiger partial charge in [0.2, 0.25) is 0 Å². The van der Waals surface area contributed by atoms with Crippen LogP contribution < -0.4 is 5.73 Å². The first-order valence-electron chi connectivity index (χ1n) is 3.20. The minimum absolute atomic E-state index is 0.331. The Morgan fingerprint density at radius 3 is 2.75 bits per heavy atom. The maximum absolute atomic E-state index is 8.68. The molecule has 0 aliphatic carbocycles. The lowest BCUT2D eigenvalue weighted by molar-refractivity contribution is 1.37. The highest BCUT2D eigenvalue weighted by Gasteiger charge is 2.01. The molecule has 0 bridgehead atoms. The molecule has 0 fully saturated rings.